The van der Waals surface area contributed by atoms with Gasteiger partial charge in [-0.05, 0) is 42.5 Å². The molecule has 2 aromatic carbocycles. The summed E-state index contributed by atoms with van der Waals surface area (Å²) in [5.74, 6) is 0. The fourth-order valence-corrected chi connectivity index (χ4v) is 3.69. The third kappa shape index (κ3) is 2.87. The van der Waals surface area contributed by atoms with Gasteiger partial charge in [0.05, 0.1) is 21.6 Å². The van der Waals surface area contributed by atoms with E-state index in [0.717, 1.165) is 8.78 Å². The largest absolute Gasteiger partial charge is 0.316 e. The summed E-state index contributed by atoms with van der Waals surface area (Å²) in [5.41, 5.74) is -0.536. The van der Waals surface area contributed by atoms with Crippen LogP contribution in [0.3, 0.4) is 0 Å². The normalized spacial score (nSPS) is 11.6. The lowest BCUT2D eigenvalue weighted by atomic mass is 10.3. The van der Waals surface area contributed by atoms with Crippen LogP contribution in [0.4, 0.5) is 5.69 Å². The summed E-state index contributed by atoms with van der Waals surface area (Å²) >= 11 is 3.30. The molecule has 9 heteroatoms. The topological polar surface area (TPSA) is 103 Å². The molecule has 1 heterocycles. The van der Waals surface area contributed by atoms with E-state index in [-0.39, 0.29) is 10.4 Å². The van der Waals surface area contributed by atoms with Crippen molar-refractivity contribution in [1.29, 1.82) is 0 Å². The molecule has 0 bridgehead atoms. The second-order valence-corrected chi connectivity index (χ2v) is 7.95. The Balaban J connectivity index is 2.10. The molecule has 0 fully saturated rings. The van der Waals surface area contributed by atoms with E-state index < -0.39 is 21.1 Å². The maximum Gasteiger partial charge on any atom is 0.314 e. The smallest absolute Gasteiger partial charge is 0.314 e. The quantitative estimate of drug-likeness (QED) is 0.643. The monoisotopic (exact) mass is 409 g/mol. The molecule has 3 aromatic rings. The zero-order chi connectivity index (χ0) is 17.5. The number of sulfonamides is 1. The Labute approximate surface area is 145 Å². The molecule has 0 saturated heterocycles. The maximum atomic E-state index is 12.8. The average Bonchev–Trinajstić information content (AvgIpc) is 2.55. The third-order valence-corrected chi connectivity index (χ3v) is 5.85. The van der Waals surface area contributed by atoms with Crippen molar-refractivity contribution in [2.75, 3.05) is 11.4 Å². The number of aromatic nitrogens is 2. The van der Waals surface area contributed by atoms with Gasteiger partial charge in [0, 0.05) is 11.5 Å². The lowest BCUT2D eigenvalue weighted by molar-refractivity contribution is 0.594. The highest BCUT2D eigenvalue weighted by molar-refractivity contribution is 9.10. The fourth-order valence-electron chi connectivity index (χ4n) is 2.20. The van der Waals surface area contributed by atoms with Crippen molar-refractivity contribution in [1.82, 2.24) is 9.97 Å². The van der Waals surface area contributed by atoms with Crippen LogP contribution < -0.4 is 15.4 Å². The number of nitrogens with zero attached hydrogens (tertiary/aromatic N) is 1. The summed E-state index contributed by atoms with van der Waals surface area (Å²) in [6.07, 6.45) is 0. The molecule has 0 amide bonds. The lowest BCUT2D eigenvalue weighted by Crippen LogP contribution is -2.29. The number of H-pyrrole nitrogens is 2. The van der Waals surface area contributed by atoms with Gasteiger partial charge in [-0.15, -0.1) is 0 Å². The predicted molar refractivity (Wildman–Crippen MR) is 94.9 cm³/mol. The first-order valence-corrected chi connectivity index (χ1v) is 9.03. The average molecular weight is 410 g/mol. The Bertz CT molecular complexity index is 1130. The Kier molecular flexibility index (Phi) is 4.06. The zero-order valence-electron chi connectivity index (χ0n) is 12.4. The van der Waals surface area contributed by atoms with Crippen LogP contribution in [0.2, 0.25) is 0 Å². The van der Waals surface area contributed by atoms with E-state index in [0.29, 0.717) is 11.2 Å². The molecule has 24 heavy (non-hydrogen) atoms. The molecule has 7 nitrogen and oxygen atoms in total. The van der Waals surface area contributed by atoms with Crippen LogP contribution in [0.1, 0.15) is 0 Å². The Morgan fingerprint density at radius 2 is 1.50 bits per heavy atom. The Morgan fingerprint density at radius 1 is 0.917 bits per heavy atom. The van der Waals surface area contributed by atoms with Gasteiger partial charge in [-0.2, -0.15) is 0 Å². The highest BCUT2D eigenvalue weighted by atomic mass is 79.9. The highest BCUT2D eigenvalue weighted by Gasteiger charge is 2.21. The summed E-state index contributed by atoms with van der Waals surface area (Å²) in [4.78, 5) is 27.5. The molecule has 1 aromatic heterocycles. The van der Waals surface area contributed by atoms with Gasteiger partial charge in [-0.25, -0.2) is 8.42 Å². The van der Waals surface area contributed by atoms with Crippen LogP contribution >= 0.6 is 15.9 Å². The van der Waals surface area contributed by atoms with E-state index in [9.17, 15) is 18.0 Å². The fraction of sp³-hybridized carbons (Fsp3) is 0.0667. The molecule has 0 spiro atoms. The van der Waals surface area contributed by atoms with Gasteiger partial charge < -0.3 is 9.97 Å². The molecule has 0 aliphatic carbocycles. The van der Waals surface area contributed by atoms with Crippen LogP contribution in [0.25, 0.3) is 11.0 Å². The van der Waals surface area contributed by atoms with Crippen LogP contribution in [0.15, 0.2) is 61.4 Å². The molecule has 0 aliphatic heterocycles. The molecule has 0 unspecified atom stereocenters. The van der Waals surface area contributed by atoms with Crippen LogP contribution in [0.5, 0.6) is 0 Å². The second kappa shape index (κ2) is 5.91. The SMILES string of the molecule is CN(c1ccc(Br)cc1)S(=O)(=O)c1ccc2[nH]c(=O)c(=O)[nH]c2c1. The second-order valence-electron chi connectivity index (χ2n) is 5.06. The van der Waals surface area contributed by atoms with E-state index in [1.165, 1.54) is 25.2 Å². The van der Waals surface area contributed by atoms with E-state index in [2.05, 4.69) is 25.9 Å². The van der Waals surface area contributed by atoms with Gasteiger partial charge in [-0.3, -0.25) is 13.9 Å². The molecule has 0 saturated carbocycles. The number of benzene rings is 2. The summed E-state index contributed by atoms with van der Waals surface area (Å²) in [6, 6.07) is 11.0. The first-order chi connectivity index (χ1) is 11.3. The van der Waals surface area contributed by atoms with Gasteiger partial charge in [0.25, 0.3) is 10.0 Å². The van der Waals surface area contributed by atoms with Crippen molar-refractivity contribution in [2.45, 2.75) is 4.90 Å². The van der Waals surface area contributed by atoms with E-state index >= 15 is 0 Å². The van der Waals surface area contributed by atoms with Gasteiger partial charge in [0.2, 0.25) is 0 Å². The van der Waals surface area contributed by atoms with Crippen molar-refractivity contribution in [2.24, 2.45) is 0 Å². The molecule has 0 aliphatic rings. The Morgan fingerprint density at radius 3 is 2.12 bits per heavy atom. The zero-order valence-corrected chi connectivity index (χ0v) is 14.8. The number of nitrogens with one attached hydrogen (secondary N) is 2. The summed E-state index contributed by atoms with van der Waals surface area (Å²) < 4.78 is 27.5. The molecular weight excluding hydrogens is 398 g/mol. The van der Waals surface area contributed by atoms with E-state index in [4.69, 9.17) is 0 Å². The van der Waals surface area contributed by atoms with Crippen LogP contribution in [-0.4, -0.2) is 25.4 Å². The number of rotatable bonds is 3. The molecule has 0 atom stereocenters. The van der Waals surface area contributed by atoms with Gasteiger partial charge in [0.1, 0.15) is 0 Å². The van der Waals surface area contributed by atoms with Gasteiger partial charge in [0.15, 0.2) is 0 Å². The van der Waals surface area contributed by atoms with Crippen molar-refractivity contribution >= 4 is 42.7 Å². The molecule has 124 valence electrons. The summed E-state index contributed by atoms with van der Waals surface area (Å²) in [5, 5.41) is 0. The third-order valence-electron chi connectivity index (χ3n) is 3.54. The maximum absolute atomic E-state index is 12.8. The predicted octanol–water partition coefficient (Wildman–Crippen LogP) is 1.80. The number of halogens is 1. The van der Waals surface area contributed by atoms with Crippen molar-refractivity contribution < 1.29 is 8.42 Å². The minimum Gasteiger partial charge on any atom is -0.316 e. The molecular formula is C15H12BrN3O4S. The first-order valence-electron chi connectivity index (χ1n) is 6.80. The van der Waals surface area contributed by atoms with Crippen LogP contribution in [-0.2, 0) is 10.0 Å². The Hall–Kier alpha value is -2.39. The first kappa shape index (κ1) is 16.5. The summed E-state index contributed by atoms with van der Waals surface area (Å²) in [6.45, 7) is 0. The molecule has 0 radical (unpaired) electrons. The van der Waals surface area contributed by atoms with Gasteiger partial charge >= 0.3 is 11.1 Å². The highest BCUT2D eigenvalue weighted by Crippen LogP contribution is 2.24. The lowest BCUT2D eigenvalue weighted by Gasteiger charge is -2.19. The number of fused-ring (bicyclic) bond motifs is 1. The molecule has 2 N–H and O–H groups in total. The van der Waals surface area contributed by atoms with Crippen LogP contribution in [0, 0.1) is 0 Å². The number of aromatic amines is 2. The standard InChI is InChI=1S/C15H12BrN3O4S/c1-19(10-4-2-9(16)3-5-10)24(22,23)11-6-7-12-13(8-11)18-15(21)14(20)17-12/h2-8H,1H3,(H,17,20)(H,18,21). The number of hydrogen-bond donors (Lipinski definition) is 2. The van der Waals surface area contributed by atoms with Crippen molar-refractivity contribution in [3.63, 3.8) is 0 Å². The van der Waals surface area contributed by atoms with E-state index in [1.54, 1.807) is 24.3 Å². The van der Waals surface area contributed by atoms with Crippen molar-refractivity contribution in [3.8, 4) is 0 Å². The number of anilines is 1. The van der Waals surface area contributed by atoms with E-state index in [1.807, 2.05) is 0 Å². The summed E-state index contributed by atoms with van der Waals surface area (Å²) in [7, 11) is -2.37. The molecule has 3 rings (SSSR count). The minimum atomic E-state index is -3.82. The minimum absolute atomic E-state index is 0.00289. The van der Waals surface area contributed by atoms with Crippen molar-refractivity contribution in [3.05, 3.63) is 67.6 Å². The number of hydrogen-bond acceptors (Lipinski definition) is 4. The van der Waals surface area contributed by atoms with Gasteiger partial charge in [-0.1, -0.05) is 15.9 Å².